The predicted molar refractivity (Wildman–Crippen MR) is 83.2 cm³/mol. The number of nitrogens with one attached hydrogen (secondary N) is 1. The molecule has 0 amide bonds. The molecule has 1 N–H and O–H groups in total. The number of nitrogens with zero attached hydrogens (tertiary/aromatic N) is 3. The average molecular weight is 274 g/mol. The van der Waals surface area contributed by atoms with E-state index in [1.165, 1.54) is 38.0 Å². The zero-order valence-electron chi connectivity index (χ0n) is 12.5. The fourth-order valence-electron chi connectivity index (χ4n) is 3.25. The minimum Gasteiger partial charge on any atom is -0.357 e. The number of hydrogen-bond donors (Lipinski definition) is 1. The molecule has 20 heavy (non-hydrogen) atoms. The van der Waals surface area contributed by atoms with E-state index in [0.29, 0.717) is 0 Å². The van der Waals surface area contributed by atoms with Gasteiger partial charge in [0.2, 0.25) is 0 Å². The van der Waals surface area contributed by atoms with Crippen LogP contribution in [0.3, 0.4) is 0 Å². The van der Waals surface area contributed by atoms with Gasteiger partial charge in [-0.05, 0) is 37.3 Å². The molecule has 0 atom stereocenters. The molecule has 2 aliphatic rings. The average Bonchev–Trinajstić information content (AvgIpc) is 2.50. The molecule has 0 radical (unpaired) electrons. The van der Waals surface area contributed by atoms with Crippen LogP contribution in [0, 0.1) is 12.8 Å². The number of pyridine rings is 1. The van der Waals surface area contributed by atoms with Gasteiger partial charge in [-0.1, -0.05) is 6.07 Å². The summed E-state index contributed by atoms with van der Waals surface area (Å²) < 4.78 is 0. The molecule has 1 aromatic heterocycles. The van der Waals surface area contributed by atoms with Crippen molar-refractivity contribution < 1.29 is 0 Å². The van der Waals surface area contributed by atoms with Crippen LogP contribution in [0.25, 0.3) is 0 Å². The van der Waals surface area contributed by atoms with Crippen LogP contribution >= 0.6 is 0 Å². The van der Waals surface area contributed by atoms with Crippen LogP contribution in [0.15, 0.2) is 18.3 Å². The molecule has 0 aromatic carbocycles. The van der Waals surface area contributed by atoms with Crippen LogP contribution in [0.2, 0.25) is 0 Å². The molecule has 4 heteroatoms. The molecule has 110 valence electrons. The third-order valence-electron chi connectivity index (χ3n) is 4.56. The lowest BCUT2D eigenvalue weighted by Gasteiger charge is -2.36. The van der Waals surface area contributed by atoms with Gasteiger partial charge in [0.1, 0.15) is 5.82 Å². The summed E-state index contributed by atoms with van der Waals surface area (Å²) in [4.78, 5) is 9.61. The second kappa shape index (κ2) is 6.55. The maximum absolute atomic E-state index is 4.55. The van der Waals surface area contributed by atoms with Gasteiger partial charge in [-0.2, -0.15) is 0 Å². The van der Waals surface area contributed by atoms with Gasteiger partial charge in [-0.25, -0.2) is 4.98 Å². The zero-order valence-corrected chi connectivity index (χ0v) is 12.5. The van der Waals surface area contributed by atoms with Gasteiger partial charge in [0.15, 0.2) is 0 Å². The largest absolute Gasteiger partial charge is 0.357 e. The Labute approximate surface area is 122 Å². The van der Waals surface area contributed by atoms with Crippen molar-refractivity contribution in [3.05, 3.63) is 23.9 Å². The summed E-state index contributed by atoms with van der Waals surface area (Å²) in [5, 5.41) is 3.43. The van der Waals surface area contributed by atoms with Crippen molar-refractivity contribution in [1.82, 2.24) is 15.2 Å². The third kappa shape index (κ3) is 3.49. The van der Waals surface area contributed by atoms with E-state index < -0.39 is 0 Å². The number of piperazine rings is 1. The molecule has 2 saturated heterocycles. The van der Waals surface area contributed by atoms with Crippen molar-refractivity contribution in [2.75, 3.05) is 50.7 Å². The molecule has 0 unspecified atom stereocenters. The Morgan fingerprint density at radius 3 is 2.55 bits per heavy atom. The number of hydrogen-bond acceptors (Lipinski definition) is 4. The molecule has 1 aromatic rings. The van der Waals surface area contributed by atoms with Crippen molar-refractivity contribution in [2.45, 2.75) is 19.8 Å². The maximum Gasteiger partial charge on any atom is 0.128 e. The van der Waals surface area contributed by atoms with E-state index in [4.69, 9.17) is 0 Å². The van der Waals surface area contributed by atoms with Crippen molar-refractivity contribution >= 4 is 5.82 Å². The van der Waals surface area contributed by atoms with E-state index in [1.54, 1.807) is 0 Å². The standard InChI is InChI=1S/C16H26N4/c1-14-2-3-16(18-12-14)20-8-4-15(5-9-20)13-19-10-6-17-7-11-19/h2-3,12,15,17H,4-11,13H2,1H3. The quantitative estimate of drug-likeness (QED) is 0.905. The summed E-state index contributed by atoms with van der Waals surface area (Å²) in [6.07, 6.45) is 4.58. The fourth-order valence-corrected chi connectivity index (χ4v) is 3.25. The van der Waals surface area contributed by atoms with E-state index in [9.17, 15) is 0 Å². The molecule has 3 rings (SSSR count). The Balaban J connectivity index is 1.47. The van der Waals surface area contributed by atoms with Gasteiger partial charge in [0.05, 0.1) is 0 Å². The summed E-state index contributed by atoms with van der Waals surface area (Å²) in [5.41, 5.74) is 1.24. The first-order valence-electron chi connectivity index (χ1n) is 7.92. The molecule has 0 bridgehead atoms. The van der Waals surface area contributed by atoms with E-state index in [-0.39, 0.29) is 0 Å². The van der Waals surface area contributed by atoms with Crippen LogP contribution in [0.5, 0.6) is 0 Å². The molecular weight excluding hydrogens is 248 g/mol. The van der Waals surface area contributed by atoms with Gasteiger partial charge >= 0.3 is 0 Å². The normalized spacial score (nSPS) is 22.1. The molecule has 2 aliphatic heterocycles. The van der Waals surface area contributed by atoms with Crippen LogP contribution in [0.4, 0.5) is 5.82 Å². The number of aryl methyl sites for hydroxylation is 1. The highest BCUT2D eigenvalue weighted by Crippen LogP contribution is 2.22. The first-order valence-corrected chi connectivity index (χ1v) is 7.92. The monoisotopic (exact) mass is 274 g/mol. The van der Waals surface area contributed by atoms with E-state index in [1.807, 2.05) is 6.20 Å². The van der Waals surface area contributed by atoms with Crippen LogP contribution in [0.1, 0.15) is 18.4 Å². The lowest BCUT2D eigenvalue weighted by Crippen LogP contribution is -2.47. The van der Waals surface area contributed by atoms with Crippen molar-refractivity contribution in [3.8, 4) is 0 Å². The molecule has 3 heterocycles. The minimum atomic E-state index is 0.870. The van der Waals surface area contributed by atoms with Crippen LogP contribution in [-0.2, 0) is 0 Å². The fraction of sp³-hybridized carbons (Fsp3) is 0.688. The molecule has 0 saturated carbocycles. The molecule has 4 nitrogen and oxygen atoms in total. The third-order valence-corrected chi connectivity index (χ3v) is 4.56. The molecular formula is C16H26N4. The van der Waals surface area contributed by atoms with Crippen molar-refractivity contribution in [2.24, 2.45) is 5.92 Å². The number of rotatable bonds is 3. The van der Waals surface area contributed by atoms with Crippen LogP contribution < -0.4 is 10.2 Å². The second-order valence-corrected chi connectivity index (χ2v) is 6.17. The first kappa shape index (κ1) is 13.8. The summed E-state index contributed by atoms with van der Waals surface area (Å²) in [7, 11) is 0. The van der Waals surface area contributed by atoms with Gasteiger partial charge in [0.25, 0.3) is 0 Å². The second-order valence-electron chi connectivity index (χ2n) is 6.17. The molecule has 0 aliphatic carbocycles. The summed E-state index contributed by atoms with van der Waals surface area (Å²) >= 11 is 0. The first-order chi connectivity index (χ1) is 9.81. The minimum absolute atomic E-state index is 0.870. The predicted octanol–water partition coefficient (Wildman–Crippen LogP) is 1.51. The van der Waals surface area contributed by atoms with Gasteiger partial charge < -0.3 is 15.1 Å². The SMILES string of the molecule is Cc1ccc(N2CCC(CN3CCNCC3)CC2)nc1. The Kier molecular flexibility index (Phi) is 4.53. The molecule has 0 spiro atoms. The summed E-state index contributed by atoms with van der Waals surface area (Å²) in [5.74, 6) is 2.02. The number of piperidine rings is 1. The highest BCUT2D eigenvalue weighted by molar-refractivity contribution is 5.39. The highest BCUT2D eigenvalue weighted by Gasteiger charge is 2.22. The van der Waals surface area contributed by atoms with Crippen LogP contribution in [-0.4, -0.2) is 55.7 Å². The Morgan fingerprint density at radius 1 is 1.15 bits per heavy atom. The van der Waals surface area contributed by atoms with E-state index in [0.717, 1.165) is 37.9 Å². The van der Waals surface area contributed by atoms with Crippen molar-refractivity contribution in [3.63, 3.8) is 0 Å². The smallest absolute Gasteiger partial charge is 0.128 e. The summed E-state index contributed by atoms with van der Waals surface area (Å²) in [6.45, 7) is 10.5. The maximum atomic E-state index is 4.55. The van der Waals surface area contributed by atoms with E-state index in [2.05, 4.69) is 39.2 Å². The van der Waals surface area contributed by atoms with Gasteiger partial charge in [-0.3, -0.25) is 0 Å². The van der Waals surface area contributed by atoms with Gasteiger partial charge in [0, 0.05) is 52.0 Å². The summed E-state index contributed by atoms with van der Waals surface area (Å²) in [6, 6.07) is 4.32. The van der Waals surface area contributed by atoms with Gasteiger partial charge in [-0.15, -0.1) is 0 Å². The lowest BCUT2D eigenvalue weighted by molar-refractivity contribution is 0.190. The van der Waals surface area contributed by atoms with E-state index >= 15 is 0 Å². The zero-order chi connectivity index (χ0) is 13.8. The van der Waals surface area contributed by atoms with Crippen molar-refractivity contribution in [1.29, 1.82) is 0 Å². The highest BCUT2D eigenvalue weighted by atomic mass is 15.2. The molecule has 2 fully saturated rings. The Morgan fingerprint density at radius 2 is 1.90 bits per heavy atom. The Bertz CT molecular complexity index is 403. The lowest BCUT2D eigenvalue weighted by atomic mass is 9.96. The number of aromatic nitrogens is 1. The Hall–Kier alpha value is -1.13. The topological polar surface area (TPSA) is 31.4 Å². The number of anilines is 1.